The van der Waals surface area contributed by atoms with E-state index < -0.39 is 0 Å². The van der Waals surface area contributed by atoms with Gasteiger partial charge in [0.05, 0.1) is 0 Å². The molecule has 0 aromatic heterocycles. The number of phenols is 1. The summed E-state index contributed by atoms with van der Waals surface area (Å²) in [6.07, 6.45) is 0.826. The molecule has 0 bridgehead atoms. The highest BCUT2D eigenvalue weighted by molar-refractivity contribution is 5.87. The molecule has 0 amide bonds. The van der Waals surface area contributed by atoms with Crippen molar-refractivity contribution < 1.29 is 9.90 Å². The molecular formula is C14H12O2. The summed E-state index contributed by atoms with van der Waals surface area (Å²) in [4.78, 5) is 10.9. The van der Waals surface area contributed by atoms with Crippen LogP contribution in [0.4, 0.5) is 0 Å². The molecule has 0 saturated heterocycles. The Morgan fingerprint density at radius 3 is 2.56 bits per heavy atom. The van der Waals surface area contributed by atoms with Crippen molar-refractivity contribution in [3.05, 3.63) is 53.6 Å². The van der Waals surface area contributed by atoms with Gasteiger partial charge in [0.2, 0.25) is 0 Å². The van der Waals surface area contributed by atoms with Gasteiger partial charge in [0.15, 0.2) is 6.29 Å². The van der Waals surface area contributed by atoms with Gasteiger partial charge in [0, 0.05) is 5.56 Å². The molecule has 0 aliphatic rings. The number of benzene rings is 2. The fraction of sp³-hybridized carbons (Fsp3) is 0.0714. The molecule has 2 aromatic rings. The van der Waals surface area contributed by atoms with Crippen molar-refractivity contribution in [2.45, 2.75) is 6.92 Å². The Balaban J connectivity index is 2.58. The lowest BCUT2D eigenvalue weighted by Gasteiger charge is -2.06. The molecule has 2 aromatic carbocycles. The second-order valence-electron chi connectivity index (χ2n) is 3.71. The molecule has 0 unspecified atom stereocenters. The number of rotatable bonds is 2. The summed E-state index contributed by atoms with van der Waals surface area (Å²) in [6.45, 7) is 1.84. The molecule has 0 aliphatic heterocycles. The number of aryl methyl sites for hydroxylation is 1. The van der Waals surface area contributed by atoms with Gasteiger partial charge in [-0.25, -0.2) is 0 Å². The highest BCUT2D eigenvalue weighted by Gasteiger charge is 2.05. The van der Waals surface area contributed by atoms with Crippen LogP contribution in [0.1, 0.15) is 15.9 Å². The maximum atomic E-state index is 10.9. The molecular weight excluding hydrogens is 200 g/mol. The third-order valence-electron chi connectivity index (χ3n) is 2.61. The molecule has 2 nitrogen and oxygen atoms in total. The van der Waals surface area contributed by atoms with Gasteiger partial charge < -0.3 is 5.11 Å². The summed E-state index contributed by atoms with van der Waals surface area (Å²) in [6, 6.07) is 12.7. The van der Waals surface area contributed by atoms with E-state index in [1.54, 1.807) is 12.1 Å². The molecule has 80 valence electrons. The normalized spacial score (nSPS) is 10.1. The van der Waals surface area contributed by atoms with Crippen LogP contribution in [0.2, 0.25) is 0 Å². The summed E-state index contributed by atoms with van der Waals surface area (Å²) in [5, 5.41) is 9.64. The summed E-state index contributed by atoms with van der Waals surface area (Å²) >= 11 is 0. The molecule has 1 N–H and O–H groups in total. The van der Waals surface area contributed by atoms with E-state index >= 15 is 0 Å². The summed E-state index contributed by atoms with van der Waals surface area (Å²) in [5.41, 5.74) is 3.15. The lowest BCUT2D eigenvalue weighted by Crippen LogP contribution is -1.87. The van der Waals surface area contributed by atoms with E-state index in [9.17, 15) is 9.90 Å². The Hall–Kier alpha value is -2.09. The van der Waals surface area contributed by atoms with E-state index in [0.29, 0.717) is 5.56 Å². The van der Waals surface area contributed by atoms with E-state index in [4.69, 9.17) is 0 Å². The number of hydrogen-bond acceptors (Lipinski definition) is 2. The third kappa shape index (κ3) is 1.82. The highest BCUT2D eigenvalue weighted by atomic mass is 16.3. The minimum absolute atomic E-state index is 0.248. The lowest BCUT2D eigenvalue weighted by atomic mass is 9.99. The fourth-order valence-electron chi connectivity index (χ4n) is 1.64. The summed E-state index contributed by atoms with van der Waals surface area (Å²) < 4.78 is 0. The first-order valence-corrected chi connectivity index (χ1v) is 5.06. The van der Waals surface area contributed by atoms with Crippen molar-refractivity contribution in [1.82, 2.24) is 0 Å². The maximum absolute atomic E-state index is 10.9. The van der Waals surface area contributed by atoms with Crippen LogP contribution in [0.5, 0.6) is 5.75 Å². The molecule has 2 heteroatoms. The lowest BCUT2D eigenvalue weighted by molar-refractivity contribution is 0.112. The molecule has 0 heterocycles. The van der Waals surface area contributed by atoms with E-state index in [2.05, 4.69) is 0 Å². The number of carbonyl (C=O) groups excluding carboxylic acids is 1. The fourth-order valence-corrected chi connectivity index (χ4v) is 1.64. The van der Waals surface area contributed by atoms with Crippen LogP contribution in [0.25, 0.3) is 11.1 Å². The molecule has 0 atom stereocenters. The van der Waals surface area contributed by atoms with E-state index in [-0.39, 0.29) is 5.75 Å². The van der Waals surface area contributed by atoms with Crippen LogP contribution in [-0.2, 0) is 0 Å². The topological polar surface area (TPSA) is 37.3 Å². The first-order valence-electron chi connectivity index (χ1n) is 5.06. The van der Waals surface area contributed by atoms with Gasteiger partial charge in [-0.3, -0.25) is 4.79 Å². The largest absolute Gasteiger partial charge is 0.508 e. The van der Waals surface area contributed by atoms with Gasteiger partial charge in [-0.2, -0.15) is 0 Å². The van der Waals surface area contributed by atoms with Crippen LogP contribution < -0.4 is 0 Å². The minimum Gasteiger partial charge on any atom is -0.508 e. The quantitative estimate of drug-likeness (QED) is 0.776. The van der Waals surface area contributed by atoms with Gasteiger partial charge in [-0.05, 0) is 29.7 Å². The number of aromatic hydroxyl groups is 1. The van der Waals surface area contributed by atoms with Crippen molar-refractivity contribution in [2.24, 2.45) is 0 Å². The van der Waals surface area contributed by atoms with Crippen molar-refractivity contribution in [3.63, 3.8) is 0 Å². The van der Waals surface area contributed by atoms with Crippen molar-refractivity contribution in [3.8, 4) is 16.9 Å². The monoisotopic (exact) mass is 212 g/mol. The van der Waals surface area contributed by atoms with Gasteiger partial charge in [0.25, 0.3) is 0 Å². The molecule has 0 fully saturated rings. The zero-order valence-electron chi connectivity index (χ0n) is 8.97. The van der Waals surface area contributed by atoms with Crippen LogP contribution in [0.3, 0.4) is 0 Å². The van der Waals surface area contributed by atoms with Gasteiger partial charge in [-0.15, -0.1) is 0 Å². The molecule has 0 saturated carbocycles. The predicted octanol–water partition coefficient (Wildman–Crippen LogP) is 3.18. The molecule has 16 heavy (non-hydrogen) atoms. The highest BCUT2D eigenvalue weighted by Crippen LogP contribution is 2.27. The minimum atomic E-state index is 0.248. The Labute approximate surface area is 94.2 Å². The zero-order chi connectivity index (χ0) is 11.5. The Morgan fingerprint density at radius 2 is 1.88 bits per heavy atom. The van der Waals surface area contributed by atoms with Gasteiger partial charge in [0.1, 0.15) is 5.75 Å². The number of aldehydes is 1. The van der Waals surface area contributed by atoms with Crippen molar-refractivity contribution in [1.29, 1.82) is 0 Å². The van der Waals surface area contributed by atoms with E-state index in [1.165, 1.54) is 0 Å². The molecule has 2 rings (SSSR count). The molecule has 0 aliphatic carbocycles. The maximum Gasteiger partial charge on any atom is 0.150 e. The van der Waals surface area contributed by atoms with Crippen LogP contribution in [0, 0.1) is 6.92 Å². The predicted molar refractivity (Wildman–Crippen MR) is 63.7 cm³/mol. The van der Waals surface area contributed by atoms with Crippen LogP contribution in [0.15, 0.2) is 42.5 Å². The smallest absolute Gasteiger partial charge is 0.150 e. The average molecular weight is 212 g/mol. The first kappa shape index (κ1) is 10.4. The van der Waals surface area contributed by atoms with Gasteiger partial charge >= 0.3 is 0 Å². The van der Waals surface area contributed by atoms with Crippen molar-refractivity contribution in [2.75, 3.05) is 0 Å². The van der Waals surface area contributed by atoms with Crippen molar-refractivity contribution >= 4 is 6.29 Å². The Kier molecular flexibility index (Phi) is 2.73. The third-order valence-corrected chi connectivity index (χ3v) is 2.61. The second kappa shape index (κ2) is 4.19. The summed E-state index contributed by atoms with van der Waals surface area (Å²) in [5.74, 6) is 0.248. The Morgan fingerprint density at radius 1 is 1.12 bits per heavy atom. The number of phenolic OH excluding ortho intramolecular Hbond substituents is 1. The van der Waals surface area contributed by atoms with Crippen LogP contribution >= 0.6 is 0 Å². The van der Waals surface area contributed by atoms with Gasteiger partial charge in [-0.1, -0.05) is 36.4 Å². The Bertz CT molecular complexity index is 530. The average Bonchev–Trinajstić information content (AvgIpc) is 2.32. The summed E-state index contributed by atoms with van der Waals surface area (Å²) in [7, 11) is 0. The van der Waals surface area contributed by atoms with Crippen LogP contribution in [-0.4, -0.2) is 11.4 Å². The standard InChI is InChI=1S/C14H12O2/c1-10-6-7-11(8-14(10)16)13-5-3-2-4-12(13)9-15/h2-9,16H,1H3. The number of hydrogen-bond donors (Lipinski definition) is 1. The number of carbonyl (C=O) groups is 1. The molecule has 0 spiro atoms. The first-order chi connectivity index (χ1) is 7.72. The SMILES string of the molecule is Cc1ccc(-c2ccccc2C=O)cc1O. The molecule has 0 radical (unpaired) electrons. The second-order valence-corrected chi connectivity index (χ2v) is 3.71. The van der Waals surface area contributed by atoms with E-state index in [1.807, 2.05) is 37.3 Å². The van der Waals surface area contributed by atoms with E-state index in [0.717, 1.165) is 23.0 Å². The zero-order valence-corrected chi connectivity index (χ0v) is 8.97.